The van der Waals surface area contributed by atoms with E-state index in [0.717, 1.165) is 22.4 Å². The van der Waals surface area contributed by atoms with Crippen LogP contribution in [0.3, 0.4) is 0 Å². The normalized spacial score (nSPS) is 11.2. The Morgan fingerprint density at radius 2 is 1.79 bits per heavy atom. The van der Waals surface area contributed by atoms with Gasteiger partial charge in [0.2, 0.25) is 5.88 Å². The van der Waals surface area contributed by atoms with Gasteiger partial charge in [0.15, 0.2) is 0 Å². The van der Waals surface area contributed by atoms with E-state index in [1.807, 2.05) is 43.3 Å². The van der Waals surface area contributed by atoms with Crippen molar-refractivity contribution in [3.05, 3.63) is 96.1 Å². The molecule has 0 radical (unpaired) electrons. The minimum absolute atomic E-state index is 0.00430. The van der Waals surface area contributed by atoms with Crippen molar-refractivity contribution in [2.45, 2.75) is 33.1 Å². The number of hydrogen-bond acceptors (Lipinski definition) is 5. The lowest BCUT2D eigenvalue weighted by Crippen LogP contribution is -2.14. The van der Waals surface area contributed by atoms with Crippen molar-refractivity contribution in [1.82, 2.24) is 15.0 Å². The highest BCUT2D eigenvalue weighted by atomic mass is 16.5. The zero-order chi connectivity index (χ0) is 23.4. The monoisotopic (exact) mass is 438 g/mol. The van der Waals surface area contributed by atoms with Crippen molar-refractivity contribution in [2.75, 3.05) is 5.32 Å². The largest absolute Gasteiger partial charge is 0.438 e. The summed E-state index contributed by atoms with van der Waals surface area (Å²) in [6.07, 6.45) is 4.81. The van der Waals surface area contributed by atoms with Crippen LogP contribution < -0.4 is 10.1 Å². The summed E-state index contributed by atoms with van der Waals surface area (Å²) in [7, 11) is 0. The van der Waals surface area contributed by atoms with Gasteiger partial charge in [-0.3, -0.25) is 4.79 Å². The van der Waals surface area contributed by atoms with Gasteiger partial charge in [0.1, 0.15) is 12.1 Å². The molecule has 2 heterocycles. The minimum Gasteiger partial charge on any atom is -0.438 e. The number of nitrogens with zero attached hydrogens (tertiary/aromatic N) is 3. The van der Waals surface area contributed by atoms with Crippen LogP contribution in [-0.2, 0) is 5.41 Å². The quantitative estimate of drug-likeness (QED) is 0.402. The van der Waals surface area contributed by atoms with E-state index in [2.05, 4.69) is 47.1 Å². The van der Waals surface area contributed by atoms with Crippen molar-refractivity contribution in [3.63, 3.8) is 0 Å². The van der Waals surface area contributed by atoms with Gasteiger partial charge in [-0.2, -0.15) is 0 Å². The number of amides is 1. The Morgan fingerprint density at radius 3 is 2.55 bits per heavy atom. The number of rotatable bonds is 5. The maximum absolute atomic E-state index is 13.0. The molecular weight excluding hydrogens is 412 g/mol. The Balaban J connectivity index is 1.59. The molecule has 166 valence electrons. The molecule has 6 heteroatoms. The fourth-order valence-electron chi connectivity index (χ4n) is 3.34. The van der Waals surface area contributed by atoms with Crippen LogP contribution in [0.25, 0.3) is 11.3 Å². The van der Waals surface area contributed by atoms with Gasteiger partial charge in [0.25, 0.3) is 5.91 Å². The first-order chi connectivity index (χ1) is 15.8. The highest BCUT2D eigenvalue weighted by molar-refractivity contribution is 6.04. The zero-order valence-electron chi connectivity index (χ0n) is 19.2. The van der Waals surface area contributed by atoms with E-state index in [0.29, 0.717) is 22.9 Å². The third-order valence-electron chi connectivity index (χ3n) is 5.27. The van der Waals surface area contributed by atoms with Gasteiger partial charge in [0.05, 0.1) is 11.3 Å². The molecule has 33 heavy (non-hydrogen) atoms. The van der Waals surface area contributed by atoms with Crippen molar-refractivity contribution < 1.29 is 9.53 Å². The third kappa shape index (κ3) is 5.23. The lowest BCUT2D eigenvalue weighted by molar-refractivity contribution is 0.102. The average Bonchev–Trinajstić information content (AvgIpc) is 2.81. The molecule has 0 aliphatic carbocycles. The molecule has 0 aliphatic heterocycles. The van der Waals surface area contributed by atoms with Crippen molar-refractivity contribution >= 4 is 11.6 Å². The van der Waals surface area contributed by atoms with Gasteiger partial charge in [-0.15, -0.1) is 0 Å². The number of aryl methyl sites for hydroxylation is 1. The molecule has 1 N–H and O–H groups in total. The second kappa shape index (κ2) is 9.20. The first kappa shape index (κ1) is 22.1. The molecule has 6 nitrogen and oxygen atoms in total. The fourth-order valence-corrected chi connectivity index (χ4v) is 3.34. The summed E-state index contributed by atoms with van der Waals surface area (Å²) in [5.41, 5.74) is 4.74. The van der Waals surface area contributed by atoms with Crippen LogP contribution in [0.15, 0.2) is 79.4 Å². The van der Waals surface area contributed by atoms with Crippen LogP contribution >= 0.6 is 0 Å². The van der Waals surface area contributed by atoms with Crippen LogP contribution in [0.2, 0.25) is 0 Å². The summed E-state index contributed by atoms with van der Waals surface area (Å²) in [4.78, 5) is 25.6. The van der Waals surface area contributed by atoms with Crippen LogP contribution in [0.5, 0.6) is 11.6 Å². The SMILES string of the molecule is Cc1ccc(C(=O)Nc2cccc(C(C)(C)C)c2)cc1Oc1ncccc1-c1ccncn1. The molecule has 0 bridgehead atoms. The van der Waals surface area contributed by atoms with Crippen LogP contribution in [-0.4, -0.2) is 20.9 Å². The number of nitrogens with one attached hydrogen (secondary N) is 1. The number of carbonyl (C=O) groups excluding carboxylic acids is 1. The molecule has 4 aromatic rings. The maximum Gasteiger partial charge on any atom is 0.255 e. The van der Waals surface area contributed by atoms with Crippen molar-refractivity contribution in [3.8, 4) is 22.9 Å². The van der Waals surface area contributed by atoms with Crippen molar-refractivity contribution in [2.24, 2.45) is 0 Å². The number of aromatic nitrogens is 3. The second-order valence-corrected chi connectivity index (χ2v) is 8.82. The third-order valence-corrected chi connectivity index (χ3v) is 5.27. The lowest BCUT2D eigenvalue weighted by Gasteiger charge is -2.20. The van der Waals surface area contributed by atoms with E-state index in [4.69, 9.17) is 4.74 Å². The Hall–Kier alpha value is -4.06. The van der Waals surface area contributed by atoms with Gasteiger partial charge in [0, 0.05) is 23.6 Å². The molecule has 2 aromatic carbocycles. The minimum atomic E-state index is -0.206. The number of benzene rings is 2. The zero-order valence-corrected chi connectivity index (χ0v) is 19.2. The lowest BCUT2D eigenvalue weighted by atomic mass is 9.87. The number of pyridine rings is 1. The summed E-state index contributed by atoms with van der Waals surface area (Å²) < 4.78 is 6.15. The number of anilines is 1. The molecule has 0 atom stereocenters. The fraction of sp³-hybridized carbons (Fsp3) is 0.185. The first-order valence-corrected chi connectivity index (χ1v) is 10.7. The molecule has 2 aromatic heterocycles. The molecule has 0 fully saturated rings. The summed E-state index contributed by atoms with van der Waals surface area (Å²) in [6.45, 7) is 8.36. The topological polar surface area (TPSA) is 77.0 Å². The number of carbonyl (C=O) groups is 1. The molecule has 4 rings (SSSR count). The molecule has 0 saturated carbocycles. The van der Waals surface area contributed by atoms with Gasteiger partial charge in [-0.1, -0.05) is 39.0 Å². The molecule has 0 unspecified atom stereocenters. The predicted molar refractivity (Wildman–Crippen MR) is 130 cm³/mol. The molecular formula is C27H26N4O2. The van der Waals surface area contributed by atoms with E-state index >= 15 is 0 Å². The second-order valence-electron chi connectivity index (χ2n) is 8.82. The van der Waals surface area contributed by atoms with E-state index < -0.39 is 0 Å². The predicted octanol–water partition coefficient (Wildman–Crippen LogP) is 6.19. The van der Waals surface area contributed by atoms with E-state index in [9.17, 15) is 4.79 Å². The molecule has 0 spiro atoms. The molecule has 1 amide bonds. The van der Waals surface area contributed by atoms with E-state index in [1.54, 1.807) is 30.6 Å². The molecule has 0 saturated heterocycles. The Kier molecular flexibility index (Phi) is 6.18. The summed E-state index contributed by atoms with van der Waals surface area (Å²) in [6, 6.07) is 18.8. The van der Waals surface area contributed by atoms with Gasteiger partial charge < -0.3 is 10.1 Å². The van der Waals surface area contributed by atoms with Crippen LogP contribution in [0, 0.1) is 6.92 Å². The summed E-state index contributed by atoms with van der Waals surface area (Å²) in [5, 5.41) is 2.99. The highest BCUT2D eigenvalue weighted by Gasteiger charge is 2.16. The molecule has 0 aliphatic rings. The highest BCUT2D eigenvalue weighted by Crippen LogP contribution is 2.32. The Bertz CT molecular complexity index is 1280. The van der Waals surface area contributed by atoms with Crippen LogP contribution in [0.1, 0.15) is 42.3 Å². The van der Waals surface area contributed by atoms with Gasteiger partial charge in [-0.05, 0) is 65.9 Å². The van der Waals surface area contributed by atoms with Crippen LogP contribution in [0.4, 0.5) is 5.69 Å². The maximum atomic E-state index is 13.0. The van der Waals surface area contributed by atoms with Crippen molar-refractivity contribution in [1.29, 1.82) is 0 Å². The first-order valence-electron chi connectivity index (χ1n) is 10.7. The van der Waals surface area contributed by atoms with Gasteiger partial charge in [-0.25, -0.2) is 15.0 Å². The summed E-state index contributed by atoms with van der Waals surface area (Å²) >= 11 is 0. The summed E-state index contributed by atoms with van der Waals surface area (Å²) in [5.74, 6) is 0.762. The Labute approximate surface area is 193 Å². The smallest absolute Gasteiger partial charge is 0.255 e. The van der Waals surface area contributed by atoms with E-state index in [1.165, 1.54) is 6.33 Å². The Morgan fingerprint density at radius 1 is 0.939 bits per heavy atom. The number of ether oxygens (including phenoxy) is 1. The average molecular weight is 439 g/mol. The number of hydrogen-bond donors (Lipinski definition) is 1. The van der Waals surface area contributed by atoms with E-state index in [-0.39, 0.29) is 11.3 Å². The van der Waals surface area contributed by atoms with Gasteiger partial charge >= 0.3 is 0 Å². The standard InChI is InChI=1S/C27H26N4O2/c1-18-10-11-19(25(32)31-21-8-5-7-20(16-21)27(2,3)4)15-24(18)33-26-22(9-6-13-29-26)23-12-14-28-17-30-23/h5-17H,1-4H3,(H,31,32).